The van der Waals surface area contributed by atoms with Gasteiger partial charge < -0.3 is 5.32 Å². The van der Waals surface area contributed by atoms with Crippen LogP contribution in [0.25, 0.3) is 0 Å². The number of hydrogen-bond acceptors (Lipinski definition) is 1. The molecule has 0 radical (unpaired) electrons. The summed E-state index contributed by atoms with van der Waals surface area (Å²) in [7, 11) is 2.12. The third-order valence-corrected chi connectivity index (χ3v) is 3.35. The number of rotatable bonds is 5. The molecule has 1 fully saturated rings. The molecule has 2 atom stereocenters. The van der Waals surface area contributed by atoms with E-state index in [0.717, 1.165) is 17.9 Å². The van der Waals surface area contributed by atoms with Crippen LogP contribution in [-0.2, 0) is 0 Å². The minimum absolute atomic E-state index is 0.790. The lowest BCUT2D eigenvalue weighted by Crippen LogP contribution is -2.42. The Bertz CT molecular complexity index is 118. The molecule has 0 aromatic rings. The molecule has 0 saturated heterocycles. The molecule has 1 rings (SSSR count). The van der Waals surface area contributed by atoms with Gasteiger partial charge in [-0.15, -0.1) is 0 Å². The van der Waals surface area contributed by atoms with E-state index in [1.807, 2.05) is 0 Å². The molecule has 0 bridgehead atoms. The molecule has 1 nitrogen and oxygen atoms in total. The van der Waals surface area contributed by atoms with E-state index in [0.29, 0.717) is 0 Å². The average molecular weight is 169 g/mol. The summed E-state index contributed by atoms with van der Waals surface area (Å²) in [6.45, 7) is 4.67. The second-order valence-corrected chi connectivity index (χ2v) is 4.27. The first-order chi connectivity index (χ1) is 5.79. The van der Waals surface area contributed by atoms with Crippen molar-refractivity contribution in [1.29, 1.82) is 0 Å². The second kappa shape index (κ2) is 4.86. The van der Waals surface area contributed by atoms with E-state index in [1.165, 1.54) is 32.1 Å². The van der Waals surface area contributed by atoms with Crippen molar-refractivity contribution < 1.29 is 0 Å². The van der Waals surface area contributed by atoms with E-state index in [1.54, 1.807) is 0 Å². The maximum Gasteiger partial charge on any atom is 0.0118 e. The highest BCUT2D eigenvalue weighted by molar-refractivity contribution is 4.84. The van der Waals surface area contributed by atoms with Crippen LogP contribution in [0, 0.1) is 11.8 Å². The summed E-state index contributed by atoms with van der Waals surface area (Å²) >= 11 is 0. The maximum absolute atomic E-state index is 3.49. The van der Waals surface area contributed by atoms with E-state index in [9.17, 15) is 0 Å². The van der Waals surface area contributed by atoms with Gasteiger partial charge in [-0.05, 0) is 38.1 Å². The largest absolute Gasteiger partial charge is 0.316 e. The Morgan fingerprint density at radius 1 is 1.42 bits per heavy atom. The average Bonchev–Trinajstić information content (AvgIpc) is 1.96. The highest BCUT2D eigenvalue weighted by atomic mass is 14.9. The highest BCUT2D eigenvalue weighted by Crippen LogP contribution is 2.33. The lowest BCUT2D eigenvalue weighted by molar-refractivity contribution is 0.183. The summed E-state index contributed by atoms with van der Waals surface area (Å²) in [4.78, 5) is 0. The van der Waals surface area contributed by atoms with Crippen molar-refractivity contribution in [1.82, 2.24) is 5.32 Å². The molecule has 0 aliphatic heterocycles. The second-order valence-electron chi connectivity index (χ2n) is 4.27. The van der Waals surface area contributed by atoms with Crippen LogP contribution in [0.4, 0.5) is 0 Å². The van der Waals surface area contributed by atoms with Gasteiger partial charge in [0.2, 0.25) is 0 Å². The van der Waals surface area contributed by atoms with Gasteiger partial charge in [-0.2, -0.15) is 0 Å². The Morgan fingerprint density at radius 3 is 2.42 bits per heavy atom. The monoisotopic (exact) mass is 169 g/mol. The fourth-order valence-electron chi connectivity index (χ4n) is 2.42. The van der Waals surface area contributed by atoms with E-state index in [-0.39, 0.29) is 0 Å². The fraction of sp³-hybridized carbons (Fsp3) is 1.00. The van der Waals surface area contributed by atoms with E-state index >= 15 is 0 Å². The van der Waals surface area contributed by atoms with Crippen LogP contribution < -0.4 is 5.32 Å². The number of hydrogen-bond donors (Lipinski definition) is 1. The van der Waals surface area contributed by atoms with Crippen LogP contribution in [0.15, 0.2) is 0 Å². The molecule has 1 N–H and O–H groups in total. The van der Waals surface area contributed by atoms with Crippen molar-refractivity contribution in [2.24, 2.45) is 11.8 Å². The molecule has 1 aliphatic rings. The lowest BCUT2D eigenvalue weighted by Gasteiger charge is -2.37. The van der Waals surface area contributed by atoms with Gasteiger partial charge in [-0.1, -0.05) is 26.7 Å². The van der Waals surface area contributed by atoms with Crippen molar-refractivity contribution >= 4 is 0 Å². The van der Waals surface area contributed by atoms with Crippen molar-refractivity contribution in [3.05, 3.63) is 0 Å². The molecule has 0 aromatic heterocycles. The van der Waals surface area contributed by atoms with Gasteiger partial charge in [0.1, 0.15) is 0 Å². The smallest absolute Gasteiger partial charge is 0.0118 e. The van der Waals surface area contributed by atoms with Crippen LogP contribution in [-0.4, -0.2) is 13.1 Å². The van der Waals surface area contributed by atoms with Crippen LogP contribution in [0.1, 0.15) is 46.0 Å². The predicted octanol–water partition coefficient (Wildman–Crippen LogP) is 2.81. The zero-order valence-electron chi connectivity index (χ0n) is 8.77. The summed E-state index contributed by atoms with van der Waals surface area (Å²) in [6.07, 6.45) is 7.08. The molecule has 1 heteroatoms. The van der Waals surface area contributed by atoms with Gasteiger partial charge in [-0.3, -0.25) is 0 Å². The summed E-state index contributed by atoms with van der Waals surface area (Å²) < 4.78 is 0. The van der Waals surface area contributed by atoms with Gasteiger partial charge in [-0.25, -0.2) is 0 Å². The third-order valence-electron chi connectivity index (χ3n) is 3.35. The minimum atomic E-state index is 0.790. The van der Waals surface area contributed by atoms with Crippen molar-refractivity contribution in [2.45, 2.75) is 52.0 Å². The first kappa shape index (κ1) is 10.0. The van der Waals surface area contributed by atoms with Crippen LogP contribution >= 0.6 is 0 Å². The molecule has 12 heavy (non-hydrogen) atoms. The molecule has 0 aromatic carbocycles. The molecule has 1 aliphatic carbocycles. The highest BCUT2D eigenvalue weighted by Gasteiger charge is 2.29. The summed E-state index contributed by atoms with van der Waals surface area (Å²) in [5.41, 5.74) is 0. The molecule has 72 valence electrons. The van der Waals surface area contributed by atoms with Crippen molar-refractivity contribution in [3.8, 4) is 0 Å². The van der Waals surface area contributed by atoms with Crippen LogP contribution in [0.2, 0.25) is 0 Å². The fourth-order valence-corrected chi connectivity index (χ4v) is 2.42. The zero-order chi connectivity index (χ0) is 8.97. The summed E-state index contributed by atoms with van der Waals surface area (Å²) in [5.74, 6) is 1.85. The topological polar surface area (TPSA) is 12.0 Å². The van der Waals surface area contributed by atoms with E-state index < -0.39 is 0 Å². The molecule has 2 unspecified atom stereocenters. The van der Waals surface area contributed by atoms with Gasteiger partial charge in [0.15, 0.2) is 0 Å². The molecular formula is C11H23N. The number of nitrogens with one attached hydrogen (secondary N) is 1. The van der Waals surface area contributed by atoms with E-state index in [2.05, 4.69) is 26.2 Å². The maximum atomic E-state index is 3.49. The van der Waals surface area contributed by atoms with Gasteiger partial charge in [0.05, 0.1) is 0 Å². The van der Waals surface area contributed by atoms with Crippen LogP contribution in [0.3, 0.4) is 0 Å². The van der Waals surface area contributed by atoms with Gasteiger partial charge in [0.25, 0.3) is 0 Å². The predicted molar refractivity (Wildman–Crippen MR) is 54.3 cm³/mol. The Morgan fingerprint density at radius 2 is 2.08 bits per heavy atom. The van der Waals surface area contributed by atoms with Gasteiger partial charge >= 0.3 is 0 Å². The molecule has 0 amide bonds. The Labute approximate surface area is 76.9 Å². The molecular weight excluding hydrogens is 146 g/mol. The quantitative estimate of drug-likeness (QED) is 0.667. The Balaban J connectivity index is 2.31. The molecule has 0 heterocycles. The minimum Gasteiger partial charge on any atom is -0.316 e. The first-order valence-corrected chi connectivity index (χ1v) is 5.46. The third kappa shape index (κ3) is 2.22. The Hall–Kier alpha value is -0.0400. The lowest BCUT2D eigenvalue weighted by atomic mass is 9.74. The normalized spacial score (nSPS) is 23.2. The van der Waals surface area contributed by atoms with Crippen LogP contribution in [0.5, 0.6) is 0 Å². The summed E-state index contributed by atoms with van der Waals surface area (Å²) in [5, 5.41) is 3.49. The standard InChI is InChI=1S/C11H23N/c1-4-6-9(2)11(12-3)10-7-5-8-10/h9-12H,4-8H2,1-3H3. The SMILES string of the molecule is CCCC(C)C(NC)C1CCC1. The first-order valence-electron chi connectivity index (χ1n) is 5.46. The van der Waals surface area contributed by atoms with Gasteiger partial charge in [0, 0.05) is 6.04 Å². The zero-order valence-corrected chi connectivity index (χ0v) is 8.77. The summed E-state index contributed by atoms with van der Waals surface area (Å²) in [6, 6.07) is 0.790. The molecule has 0 spiro atoms. The van der Waals surface area contributed by atoms with Crippen molar-refractivity contribution in [2.75, 3.05) is 7.05 Å². The Kier molecular flexibility index (Phi) is 4.07. The van der Waals surface area contributed by atoms with Crippen molar-refractivity contribution in [3.63, 3.8) is 0 Å². The molecule has 1 saturated carbocycles. The van der Waals surface area contributed by atoms with E-state index in [4.69, 9.17) is 0 Å².